The summed E-state index contributed by atoms with van der Waals surface area (Å²) in [6.07, 6.45) is 0. The molecule has 0 atom stereocenters. The van der Waals surface area contributed by atoms with Gasteiger partial charge in [-0.1, -0.05) is 72.8 Å². The van der Waals surface area contributed by atoms with E-state index in [1.54, 1.807) is 58.7 Å². The Morgan fingerprint density at radius 1 is 0.405 bits per heavy atom. The summed E-state index contributed by atoms with van der Waals surface area (Å²) in [5.74, 6) is -0.505. The average molecular weight is 1150 g/mol. The molecule has 3 amide bonds. The summed E-state index contributed by atoms with van der Waals surface area (Å²) in [5.41, 5.74) is 12.7. The van der Waals surface area contributed by atoms with E-state index in [1.807, 2.05) is 159 Å². The quantitative estimate of drug-likeness (QED) is 0.0812. The first-order chi connectivity index (χ1) is 39.9. The molecule has 3 aromatic heterocycles. The number of nitrogens with zero attached hydrogens (tertiary/aromatic N) is 3. The molecule has 0 unspecified atom stereocenters. The first-order valence-corrected chi connectivity index (χ1v) is 28.5. The van der Waals surface area contributed by atoms with Crippen LogP contribution < -0.4 is 42.5 Å². The van der Waals surface area contributed by atoms with E-state index in [0.29, 0.717) is 24.3 Å². The fourth-order valence-electron chi connectivity index (χ4n) is 9.58. The number of ether oxygens (including phenoxy) is 1. The van der Waals surface area contributed by atoms with Gasteiger partial charge >= 0.3 is 0 Å². The van der Waals surface area contributed by atoms with E-state index in [-0.39, 0.29) is 51.1 Å². The minimum absolute atomic E-state index is 0.00700. The SMILES string of the molecule is COc1ccc(CNC(=O)c2ccc(C)n(-c3cc(C)cc(C)c3)c2=O)cc1.Cc1cc(C)cc(-n2c(C)ccc(C(=O)NCc3ccc(S(N)(=O)=O)cc3)c2=O)c1.Cc1cc(C)cc(-n2c(C)ccc(C(=O)NCc3ccccc3)c2=O)c1. The Bertz CT molecular complexity index is 4150. The molecule has 432 valence electrons. The number of primary sulfonamides is 1. The molecule has 0 aliphatic carbocycles. The molecule has 9 rings (SSSR count). The standard InChI is InChI=1S/C23H24N2O3.C22H23N3O4S.C22H22N2O2/c1-15-11-16(2)13-19(12-15)25-17(3)5-10-21(23(25)27)22(26)24-14-18-6-8-20(28-4)9-7-18;1-14-10-15(2)12-18(11-14)25-16(3)4-9-20(22(25)27)21(26)24-13-17-5-7-19(8-6-17)30(23,28)29;1-15-11-16(2)13-19(12-15)24-17(3)9-10-20(22(24)26)21(25)23-14-18-7-5-4-6-8-18/h5-13H,14H2,1-4H3,(H,24,26);4-12H,13H2,1-3H3,(H,24,26)(H2,23,28,29);4-13H,14H2,1-3H3,(H,23,25). The molecule has 84 heavy (non-hydrogen) atoms. The van der Waals surface area contributed by atoms with Crippen molar-refractivity contribution in [1.82, 2.24) is 29.7 Å². The number of aryl methyl sites for hydroxylation is 9. The summed E-state index contributed by atoms with van der Waals surface area (Å²) in [5, 5.41) is 13.4. The fourth-order valence-corrected chi connectivity index (χ4v) is 10.1. The van der Waals surface area contributed by atoms with Crippen molar-refractivity contribution in [2.45, 2.75) is 86.8 Å². The van der Waals surface area contributed by atoms with Gasteiger partial charge in [0.15, 0.2) is 0 Å². The first-order valence-electron chi connectivity index (χ1n) is 27.0. The Morgan fingerprint density at radius 2 is 0.690 bits per heavy atom. The Balaban J connectivity index is 0.000000181. The highest BCUT2D eigenvalue weighted by atomic mass is 32.2. The normalized spacial score (nSPS) is 10.8. The smallest absolute Gasteiger partial charge is 0.268 e. The van der Waals surface area contributed by atoms with Gasteiger partial charge in [0.05, 0.1) is 12.0 Å². The van der Waals surface area contributed by atoms with Crippen molar-refractivity contribution < 1.29 is 27.5 Å². The Kier molecular flexibility index (Phi) is 20.2. The number of rotatable bonds is 14. The van der Waals surface area contributed by atoms with Crippen molar-refractivity contribution in [2.24, 2.45) is 5.14 Å². The summed E-state index contributed by atoms with van der Waals surface area (Å²) >= 11 is 0. The monoisotopic (exact) mass is 1150 g/mol. The maximum Gasteiger partial charge on any atom is 0.268 e. The van der Waals surface area contributed by atoms with Crippen LogP contribution in [-0.2, 0) is 29.7 Å². The van der Waals surface area contributed by atoms with Crippen molar-refractivity contribution in [3.05, 3.63) is 285 Å². The zero-order valence-electron chi connectivity index (χ0n) is 48.8. The molecule has 0 spiro atoms. The minimum Gasteiger partial charge on any atom is -0.497 e. The Morgan fingerprint density at radius 3 is 0.976 bits per heavy atom. The van der Waals surface area contributed by atoms with Crippen LogP contribution in [0.3, 0.4) is 0 Å². The fraction of sp³-hybridized carbons (Fsp3) is 0.194. The number of amides is 3. The predicted molar refractivity (Wildman–Crippen MR) is 330 cm³/mol. The van der Waals surface area contributed by atoms with Crippen LogP contribution in [0.2, 0.25) is 0 Å². The summed E-state index contributed by atoms with van der Waals surface area (Å²) in [6, 6.07) is 50.6. The Labute approximate surface area is 489 Å². The van der Waals surface area contributed by atoms with Crippen LogP contribution in [-0.4, -0.2) is 47.0 Å². The molecule has 6 aromatic carbocycles. The summed E-state index contributed by atoms with van der Waals surface area (Å²) in [7, 11) is -2.17. The average Bonchev–Trinajstić information content (AvgIpc) is 2.27. The van der Waals surface area contributed by atoms with E-state index in [9.17, 15) is 37.2 Å². The molecule has 5 N–H and O–H groups in total. The zero-order chi connectivity index (χ0) is 61.0. The largest absolute Gasteiger partial charge is 0.497 e. The molecule has 0 fully saturated rings. The number of hydrogen-bond acceptors (Lipinski definition) is 9. The van der Waals surface area contributed by atoms with Crippen LogP contribution in [0.1, 0.15) is 98.2 Å². The van der Waals surface area contributed by atoms with Gasteiger partial charge in [-0.15, -0.1) is 0 Å². The maximum absolute atomic E-state index is 13.0. The maximum atomic E-state index is 13.0. The third kappa shape index (κ3) is 15.8. The number of pyridine rings is 3. The second kappa shape index (κ2) is 27.4. The van der Waals surface area contributed by atoms with E-state index in [0.717, 1.165) is 78.7 Å². The number of aromatic nitrogens is 3. The first kappa shape index (κ1) is 61.9. The summed E-state index contributed by atoms with van der Waals surface area (Å²) in [6.45, 7) is 18.3. The number of sulfonamides is 1. The molecule has 0 saturated heterocycles. The van der Waals surface area contributed by atoms with E-state index < -0.39 is 21.5 Å². The van der Waals surface area contributed by atoms with Gasteiger partial charge in [-0.2, -0.15) is 0 Å². The van der Waals surface area contributed by atoms with Gasteiger partial charge in [-0.25, -0.2) is 13.6 Å². The zero-order valence-corrected chi connectivity index (χ0v) is 49.6. The number of benzene rings is 6. The number of hydrogen-bond donors (Lipinski definition) is 4. The lowest BCUT2D eigenvalue weighted by molar-refractivity contribution is 0.0941. The highest BCUT2D eigenvalue weighted by Crippen LogP contribution is 2.19. The van der Waals surface area contributed by atoms with E-state index >= 15 is 0 Å². The third-order valence-electron chi connectivity index (χ3n) is 13.6. The molecular formula is C67H69N7O9S. The van der Waals surface area contributed by atoms with Gasteiger partial charge in [-0.05, 0) is 209 Å². The molecule has 16 nitrogen and oxygen atoms in total. The second-order valence-corrected chi connectivity index (χ2v) is 22.3. The van der Waals surface area contributed by atoms with Gasteiger partial charge in [-0.3, -0.25) is 42.5 Å². The molecule has 0 aliphatic rings. The molecule has 0 saturated carbocycles. The number of methoxy groups -OCH3 is 1. The van der Waals surface area contributed by atoms with Crippen LogP contribution in [0.5, 0.6) is 5.75 Å². The third-order valence-corrected chi connectivity index (χ3v) is 14.5. The number of carbonyl (C=O) groups is 3. The molecule has 0 radical (unpaired) electrons. The minimum atomic E-state index is -3.77. The van der Waals surface area contributed by atoms with Gasteiger partial charge in [0.2, 0.25) is 10.0 Å². The number of carbonyl (C=O) groups excluding carboxylic acids is 3. The van der Waals surface area contributed by atoms with Crippen molar-refractivity contribution in [3.8, 4) is 22.8 Å². The molecule has 0 aliphatic heterocycles. The molecule has 0 bridgehead atoms. The van der Waals surface area contributed by atoms with Crippen molar-refractivity contribution >= 4 is 27.7 Å². The van der Waals surface area contributed by atoms with E-state index in [1.165, 1.54) is 22.8 Å². The summed E-state index contributed by atoms with van der Waals surface area (Å²) in [4.78, 5) is 76.9. The van der Waals surface area contributed by atoms with Gasteiger partial charge < -0.3 is 20.7 Å². The Hall–Kier alpha value is -9.71. The van der Waals surface area contributed by atoms with Crippen LogP contribution in [0.25, 0.3) is 17.1 Å². The van der Waals surface area contributed by atoms with E-state index in [4.69, 9.17) is 9.88 Å². The molecule has 17 heteroatoms. The molecular weight excluding hydrogens is 1080 g/mol. The lowest BCUT2D eigenvalue weighted by Crippen LogP contribution is -2.33. The predicted octanol–water partition coefficient (Wildman–Crippen LogP) is 9.73. The van der Waals surface area contributed by atoms with Gasteiger partial charge in [0.1, 0.15) is 22.4 Å². The van der Waals surface area contributed by atoms with Crippen LogP contribution in [0, 0.1) is 62.3 Å². The number of nitrogens with one attached hydrogen (secondary N) is 3. The number of nitrogens with two attached hydrogens (primary N) is 1. The highest BCUT2D eigenvalue weighted by molar-refractivity contribution is 7.89. The second-order valence-electron chi connectivity index (χ2n) is 20.7. The lowest BCUT2D eigenvalue weighted by Gasteiger charge is -2.14. The summed E-state index contributed by atoms with van der Waals surface area (Å²) < 4.78 is 32.5. The lowest BCUT2D eigenvalue weighted by atomic mass is 10.1. The van der Waals surface area contributed by atoms with Crippen LogP contribution in [0.4, 0.5) is 0 Å². The van der Waals surface area contributed by atoms with Crippen LogP contribution in [0.15, 0.2) is 189 Å². The van der Waals surface area contributed by atoms with Gasteiger partial charge in [0.25, 0.3) is 34.4 Å². The van der Waals surface area contributed by atoms with Gasteiger partial charge in [0, 0.05) is 53.8 Å². The molecule has 3 heterocycles. The topological polar surface area (TPSA) is 223 Å². The highest BCUT2D eigenvalue weighted by Gasteiger charge is 2.19. The van der Waals surface area contributed by atoms with Crippen molar-refractivity contribution in [1.29, 1.82) is 0 Å². The van der Waals surface area contributed by atoms with Crippen molar-refractivity contribution in [3.63, 3.8) is 0 Å². The van der Waals surface area contributed by atoms with Crippen molar-refractivity contribution in [2.75, 3.05) is 7.11 Å². The molecule has 9 aromatic rings. The van der Waals surface area contributed by atoms with Crippen LogP contribution >= 0.6 is 0 Å². The van der Waals surface area contributed by atoms with E-state index in [2.05, 4.69) is 28.1 Å².